The molecule has 0 spiro atoms. The molecule has 0 unspecified atom stereocenters. The first-order chi connectivity index (χ1) is 13.7. The highest BCUT2D eigenvalue weighted by molar-refractivity contribution is 7.89. The van der Waals surface area contributed by atoms with Gasteiger partial charge < -0.3 is 10.2 Å². The topological polar surface area (TPSA) is 69.7 Å². The number of carbonyl (C=O) groups is 1. The van der Waals surface area contributed by atoms with Gasteiger partial charge in [-0.15, -0.1) is 0 Å². The number of amides is 1. The lowest BCUT2D eigenvalue weighted by molar-refractivity contribution is -0.130. The monoisotopic (exact) mass is 423 g/mol. The molecule has 0 radical (unpaired) electrons. The lowest BCUT2D eigenvalue weighted by atomic mass is 10.1. The number of para-hydroxylation sites is 1. The number of benzene rings is 2. The number of nitrogens with one attached hydrogen (secondary N) is 1. The summed E-state index contributed by atoms with van der Waals surface area (Å²) in [5.41, 5.74) is 3.00. The van der Waals surface area contributed by atoms with Gasteiger partial charge in [0.1, 0.15) is 0 Å². The lowest BCUT2D eigenvalue weighted by Gasteiger charge is -2.34. The smallest absolute Gasteiger partial charge is 0.243 e. The van der Waals surface area contributed by atoms with Gasteiger partial charge in [0.2, 0.25) is 15.9 Å². The Morgan fingerprint density at radius 1 is 1.00 bits per heavy atom. The van der Waals surface area contributed by atoms with Gasteiger partial charge in [0, 0.05) is 31.9 Å². The Morgan fingerprint density at radius 2 is 1.62 bits per heavy atom. The molecule has 29 heavy (non-hydrogen) atoms. The van der Waals surface area contributed by atoms with E-state index < -0.39 is 21.7 Å². The van der Waals surface area contributed by atoms with E-state index in [-0.39, 0.29) is 43.5 Å². The molecule has 0 aromatic heterocycles. The second kappa shape index (κ2) is 8.46. The van der Waals surface area contributed by atoms with E-state index in [1.54, 1.807) is 4.90 Å². The molecule has 2 aromatic rings. The van der Waals surface area contributed by atoms with Crippen LogP contribution in [-0.4, -0.2) is 56.3 Å². The summed E-state index contributed by atoms with van der Waals surface area (Å²) in [7, 11) is -3.94. The molecule has 1 aliphatic rings. The van der Waals surface area contributed by atoms with Crippen molar-refractivity contribution in [1.82, 2.24) is 9.21 Å². The van der Waals surface area contributed by atoms with Crippen LogP contribution in [0.3, 0.4) is 0 Å². The quantitative estimate of drug-likeness (QED) is 0.803. The molecule has 1 amide bonds. The van der Waals surface area contributed by atoms with Crippen LogP contribution in [0.15, 0.2) is 41.3 Å². The Hall–Kier alpha value is -2.52. The molecular weight excluding hydrogens is 400 g/mol. The molecule has 156 valence electrons. The maximum Gasteiger partial charge on any atom is 0.243 e. The van der Waals surface area contributed by atoms with E-state index in [0.717, 1.165) is 28.9 Å². The summed E-state index contributed by atoms with van der Waals surface area (Å²) in [4.78, 5) is 13.8. The molecule has 0 atom stereocenters. The van der Waals surface area contributed by atoms with Gasteiger partial charge in [-0.1, -0.05) is 18.2 Å². The molecule has 6 nitrogen and oxygen atoms in total. The minimum atomic E-state index is -3.94. The van der Waals surface area contributed by atoms with Crippen LogP contribution in [0.25, 0.3) is 0 Å². The van der Waals surface area contributed by atoms with Crippen molar-refractivity contribution < 1.29 is 22.0 Å². The molecule has 1 aliphatic heterocycles. The predicted molar refractivity (Wildman–Crippen MR) is 106 cm³/mol. The standard InChI is InChI=1S/C20H23F2N3O3S/c1-14-4-3-5-15(2)20(14)23-13-19(26)24-8-10-25(11-9-24)29(27,28)16-6-7-17(21)18(22)12-16/h3-7,12,23H,8-11,13H2,1-2H3. The molecule has 1 N–H and O–H groups in total. The van der Waals surface area contributed by atoms with Gasteiger partial charge in [0.15, 0.2) is 11.6 Å². The van der Waals surface area contributed by atoms with Gasteiger partial charge in [0.25, 0.3) is 0 Å². The zero-order valence-electron chi connectivity index (χ0n) is 16.3. The molecule has 0 bridgehead atoms. The number of anilines is 1. The molecule has 0 aliphatic carbocycles. The lowest BCUT2D eigenvalue weighted by Crippen LogP contribution is -2.51. The fourth-order valence-electron chi connectivity index (χ4n) is 3.33. The van der Waals surface area contributed by atoms with Crippen molar-refractivity contribution in [3.63, 3.8) is 0 Å². The van der Waals surface area contributed by atoms with Crippen LogP contribution in [0.1, 0.15) is 11.1 Å². The van der Waals surface area contributed by atoms with Crippen LogP contribution >= 0.6 is 0 Å². The van der Waals surface area contributed by atoms with E-state index in [9.17, 15) is 22.0 Å². The fourth-order valence-corrected chi connectivity index (χ4v) is 4.77. The third-order valence-electron chi connectivity index (χ3n) is 5.02. The first-order valence-corrected chi connectivity index (χ1v) is 10.7. The van der Waals surface area contributed by atoms with E-state index in [1.807, 2.05) is 32.0 Å². The Labute approximate surface area is 169 Å². The highest BCUT2D eigenvalue weighted by Gasteiger charge is 2.30. The van der Waals surface area contributed by atoms with Gasteiger partial charge in [-0.05, 0) is 43.2 Å². The Balaban J connectivity index is 1.59. The van der Waals surface area contributed by atoms with Crippen molar-refractivity contribution in [2.45, 2.75) is 18.7 Å². The Kier molecular flexibility index (Phi) is 6.18. The average molecular weight is 423 g/mol. The first-order valence-electron chi connectivity index (χ1n) is 9.23. The molecule has 0 saturated carbocycles. The van der Waals surface area contributed by atoms with Crippen LogP contribution in [0.2, 0.25) is 0 Å². The summed E-state index contributed by atoms with van der Waals surface area (Å²) in [6.45, 7) is 4.68. The maximum atomic E-state index is 13.4. The minimum absolute atomic E-state index is 0.0937. The van der Waals surface area contributed by atoms with Crippen molar-refractivity contribution in [2.75, 3.05) is 38.0 Å². The molecule has 1 heterocycles. The number of halogens is 2. The highest BCUT2D eigenvalue weighted by atomic mass is 32.2. The van der Waals surface area contributed by atoms with E-state index in [4.69, 9.17) is 0 Å². The number of hydrogen-bond donors (Lipinski definition) is 1. The molecule has 1 fully saturated rings. The molecule has 3 rings (SSSR count). The Morgan fingerprint density at radius 3 is 2.21 bits per heavy atom. The first kappa shape index (κ1) is 21.2. The maximum absolute atomic E-state index is 13.4. The van der Waals surface area contributed by atoms with Gasteiger partial charge in [-0.3, -0.25) is 4.79 Å². The number of hydrogen-bond acceptors (Lipinski definition) is 4. The summed E-state index contributed by atoms with van der Waals surface area (Å²) in [6.07, 6.45) is 0. The molecule has 9 heteroatoms. The van der Waals surface area contributed by atoms with Gasteiger partial charge in [0.05, 0.1) is 11.4 Å². The van der Waals surface area contributed by atoms with Gasteiger partial charge in [-0.2, -0.15) is 4.31 Å². The normalized spacial score (nSPS) is 15.4. The zero-order chi connectivity index (χ0) is 21.2. The van der Waals surface area contributed by atoms with Crippen LogP contribution in [0.4, 0.5) is 14.5 Å². The van der Waals surface area contributed by atoms with Crippen LogP contribution < -0.4 is 5.32 Å². The van der Waals surface area contributed by atoms with Crippen molar-refractivity contribution in [3.05, 3.63) is 59.2 Å². The summed E-state index contributed by atoms with van der Waals surface area (Å²) in [5, 5.41) is 3.16. The third-order valence-corrected chi connectivity index (χ3v) is 6.91. The zero-order valence-corrected chi connectivity index (χ0v) is 17.1. The number of carbonyl (C=O) groups excluding carboxylic acids is 1. The molecule has 1 saturated heterocycles. The average Bonchev–Trinajstić information content (AvgIpc) is 2.69. The predicted octanol–water partition coefficient (Wildman–Crippen LogP) is 2.53. The number of sulfonamides is 1. The summed E-state index contributed by atoms with van der Waals surface area (Å²) < 4.78 is 52.9. The summed E-state index contributed by atoms with van der Waals surface area (Å²) in [6, 6.07) is 8.38. The number of aryl methyl sites for hydroxylation is 2. The van der Waals surface area contributed by atoms with E-state index in [1.165, 1.54) is 4.31 Å². The number of nitrogens with zero attached hydrogens (tertiary/aromatic N) is 2. The van der Waals surface area contributed by atoms with E-state index in [2.05, 4.69) is 5.32 Å². The molecular formula is C20H23F2N3O3S. The van der Waals surface area contributed by atoms with E-state index in [0.29, 0.717) is 6.07 Å². The number of piperazine rings is 1. The summed E-state index contributed by atoms with van der Waals surface area (Å²) in [5.74, 6) is -2.44. The molecule has 2 aromatic carbocycles. The van der Waals surface area contributed by atoms with Crippen LogP contribution in [0.5, 0.6) is 0 Å². The fraction of sp³-hybridized carbons (Fsp3) is 0.350. The van der Waals surface area contributed by atoms with Gasteiger partial charge >= 0.3 is 0 Å². The SMILES string of the molecule is Cc1cccc(C)c1NCC(=O)N1CCN(S(=O)(=O)c2ccc(F)c(F)c2)CC1. The third kappa shape index (κ3) is 4.56. The second-order valence-electron chi connectivity index (χ2n) is 6.98. The van der Waals surface area contributed by atoms with Crippen molar-refractivity contribution in [2.24, 2.45) is 0 Å². The summed E-state index contributed by atoms with van der Waals surface area (Å²) >= 11 is 0. The van der Waals surface area contributed by atoms with Crippen molar-refractivity contribution in [1.29, 1.82) is 0 Å². The van der Waals surface area contributed by atoms with Crippen LogP contribution in [0, 0.1) is 25.5 Å². The van der Waals surface area contributed by atoms with Gasteiger partial charge in [-0.25, -0.2) is 17.2 Å². The highest BCUT2D eigenvalue weighted by Crippen LogP contribution is 2.21. The number of rotatable bonds is 5. The van der Waals surface area contributed by atoms with Crippen LogP contribution in [-0.2, 0) is 14.8 Å². The minimum Gasteiger partial charge on any atom is -0.376 e. The second-order valence-corrected chi connectivity index (χ2v) is 8.92. The van der Waals surface area contributed by atoms with Crippen molar-refractivity contribution >= 4 is 21.6 Å². The largest absolute Gasteiger partial charge is 0.376 e. The Bertz CT molecular complexity index is 999. The van der Waals surface area contributed by atoms with Crippen molar-refractivity contribution in [3.8, 4) is 0 Å². The van der Waals surface area contributed by atoms with E-state index >= 15 is 0 Å².